The van der Waals surface area contributed by atoms with E-state index in [1.165, 1.54) is 13.0 Å². The van der Waals surface area contributed by atoms with Crippen molar-refractivity contribution in [2.45, 2.75) is 15.0 Å². The molecule has 0 aromatic heterocycles. The molecule has 0 aromatic rings. The molecule has 0 N–H and O–H groups in total. The fraction of sp³-hybridized carbons (Fsp3) is 1.00. The molecule has 0 aliphatic heterocycles. The summed E-state index contributed by atoms with van der Waals surface area (Å²) < 4.78 is 0.977. The Bertz CT molecular complexity index is 99.6. The molecule has 0 aliphatic rings. The number of rotatable bonds is 3. The van der Waals surface area contributed by atoms with Gasteiger partial charge >= 0.3 is 0 Å². The van der Waals surface area contributed by atoms with E-state index in [4.69, 9.17) is 0 Å². The molecule has 0 radical (unpaired) electrons. The first-order valence-corrected chi connectivity index (χ1v) is 5.96. The minimum absolute atomic E-state index is 0. The monoisotopic (exact) mass is 429 g/mol. The van der Waals surface area contributed by atoms with Crippen molar-refractivity contribution in [1.82, 2.24) is 0 Å². The van der Waals surface area contributed by atoms with Crippen molar-refractivity contribution in [3.8, 4) is 0 Å². The number of quaternary nitrogens is 1. The van der Waals surface area contributed by atoms with Crippen LogP contribution in [0.3, 0.4) is 0 Å². The van der Waals surface area contributed by atoms with Crippen LogP contribution in [0.1, 0.15) is 12.8 Å². The van der Waals surface area contributed by atoms with E-state index >= 15 is 0 Å². The minimum atomic E-state index is -0.0534. The number of nitrogens with zero attached hydrogens (tertiary/aromatic N) is 1. The van der Waals surface area contributed by atoms with Crippen LogP contribution < -0.4 is 17.0 Å². The summed E-state index contributed by atoms with van der Waals surface area (Å²) in [6, 6.07) is 0. The molecular weight excluding hydrogens is 418 g/mol. The molecule has 0 bridgehead atoms. The minimum Gasteiger partial charge on any atom is -1.00 e. The van der Waals surface area contributed by atoms with Crippen molar-refractivity contribution < 1.29 is 21.5 Å². The third-order valence-electron chi connectivity index (χ3n) is 1.29. The van der Waals surface area contributed by atoms with Crippen molar-refractivity contribution >= 4 is 47.8 Å². The fourth-order valence-electron chi connectivity index (χ4n) is 0.754. The van der Waals surface area contributed by atoms with Crippen molar-refractivity contribution in [2.75, 3.05) is 27.7 Å². The summed E-state index contributed by atoms with van der Waals surface area (Å²) in [6.45, 7) is 1.20. The summed E-state index contributed by atoms with van der Waals surface area (Å²) in [5, 5.41) is 0. The van der Waals surface area contributed by atoms with Crippen LogP contribution >= 0.6 is 47.8 Å². The van der Waals surface area contributed by atoms with E-state index in [9.17, 15) is 0 Å². The smallest absolute Gasteiger partial charge is 0.135 e. The largest absolute Gasteiger partial charge is 1.00 e. The van der Waals surface area contributed by atoms with Crippen LogP contribution in [0.4, 0.5) is 0 Å². The normalized spacial score (nSPS) is 12.5. The predicted octanol–water partition coefficient (Wildman–Crippen LogP) is 0.315. The molecule has 0 amide bonds. The molecule has 0 saturated carbocycles. The molecule has 76 valence electrons. The molecule has 0 atom stereocenters. The molecule has 0 saturated heterocycles. The van der Waals surface area contributed by atoms with E-state index in [1.807, 2.05) is 0 Å². The van der Waals surface area contributed by atoms with Gasteiger partial charge in [0.2, 0.25) is 0 Å². The molecule has 12 heavy (non-hydrogen) atoms. The number of alkyl halides is 3. The molecule has 0 fully saturated rings. The second-order valence-electron chi connectivity index (χ2n) is 3.73. The van der Waals surface area contributed by atoms with Gasteiger partial charge in [0.25, 0.3) is 0 Å². The quantitative estimate of drug-likeness (QED) is 0.445. The fourth-order valence-corrected chi connectivity index (χ4v) is 1.59. The van der Waals surface area contributed by atoms with Crippen molar-refractivity contribution in [3.63, 3.8) is 0 Å². The molecule has 1 nitrogen and oxygen atoms in total. The number of halogens is 4. The van der Waals surface area contributed by atoms with Crippen LogP contribution in [0.15, 0.2) is 0 Å². The van der Waals surface area contributed by atoms with Crippen LogP contribution in [0.25, 0.3) is 0 Å². The predicted molar refractivity (Wildman–Crippen MR) is 61.6 cm³/mol. The maximum Gasteiger partial charge on any atom is 0.135 e. The van der Waals surface area contributed by atoms with Crippen molar-refractivity contribution in [1.29, 1.82) is 0 Å². The lowest BCUT2D eigenvalue weighted by Crippen LogP contribution is -3.00. The van der Waals surface area contributed by atoms with Crippen LogP contribution in [0.5, 0.6) is 0 Å². The Hall–Kier alpha value is 1.88. The zero-order valence-electron chi connectivity index (χ0n) is 7.58. The lowest BCUT2D eigenvalue weighted by Gasteiger charge is -2.24. The molecule has 0 rings (SSSR count). The van der Waals surface area contributed by atoms with Gasteiger partial charge in [-0.05, 0) is 12.8 Å². The summed E-state index contributed by atoms with van der Waals surface area (Å²) >= 11 is 10.4. The molecule has 5 heteroatoms. The average molecular weight is 433 g/mol. The SMILES string of the molecule is C[N+](C)(C)CCCC(Br)(Br)Br.[Br-]. The lowest BCUT2D eigenvalue weighted by molar-refractivity contribution is -0.870. The summed E-state index contributed by atoms with van der Waals surface area (Å²) in [5.41, 5.74) is 0. The maximum absolute atomic E-state index is 3.47. The third-order valence-corrected chi connectivity index (χ3v) is 2.48. The van der Waals surface area contributed by atoms with Gasteiger partial charge in [-0.15, -0.1) is 0 Å². The van der Waals surface area contributed by atoms with Gasteiger partial charge in [-0.25, -0.2) is 0 Å². The molecule has 0 heterocycles. The Labute approximate surface area is 111 Å². The lowest BCUT2D eigenvalue weighted by atomic mass is 10.3. The van der Waals surface area contributed by atoms with Crippen LogP contribution in [-0.4, -0.2) is 34.3 Å². The van der Waals surface area contributed by atoms with E-state index in [2.05, 4.69) is 68.9 Å². The average Bonchev–Trinajstić information content (AvgIpc) is 1.55. The van der Waals surface area contributed by atoms with Gasteiger partial charge in [0.05, 0.1) is 27.7 Å². The highest BCUT2D eigenvalue weighted by Gasteiger charge is 2.18. The van der Waals surface area contributed by atoms with E-state index < -0.39 is 0 Å². The van der Waals surface area contributed by atoms with E-state index in [1.54, 1.807) is 0 Å². The topological polar surface area (TPSA) is 0 Å². The van der Waals surface area contributed by atoms with Crippen molar-refractivity contribution in [3.05, 3.63) is 0 Å². The second-order valence-corrected chi connectivity index (χ2v) is 11.0. The number of hydrogen-bond acceptors (Lipinski definition) is 0. The van der Waals surface area contributed by atoms with Gasteiger partial charge in [0.1, 0.15) is 2.14 Å². The van der Waals surface area contributed by atoms with Crippen LogP contribution in [0.2, 0.25) is 0 Å². The van der Waals surface area contributed by atoms with Gasteiger partial charge in [0.15, 0.2) is 0 Å². The molecule has 0 spiro atoms. The summed E-state index contributed by atoms with van der Waals surface area (Å²) in [7, 11) is 6.62. The highest BCUT2D eigenvalue weighted by atomic mass is 80.0. The Morgan fingerprint density at radius 1 is 1.08 bits per heavy atom. The molecular formula is C7H15Br4N. The first-order valence-electron chi connectivity index (χ1n) is 3.58. The Morgan fingerprint density at radius 2 is 1.50 bits per heavy atom. The Morgan fingerprint density at radius 3 is 1.75 bits per heavy atom. The van der Waals surface area contributed by atoms with Gasteiger partial charge in [-0.2, -0.15) is 0 Å². The highest BCUT2D eigenvalue weighted by Crippen LogP contribution is 2.37. The zero-order chi connectivity index (χ0) is 9.12. The maximum atomic E-state index is 3.47. The van der Waals surface area contributed by atoms with Crippen LogP contribution in [-0.2, 0) is 0 Å². The van der Waals surface area contributed by atoms with Gasteiger partial charge in [-0.3, -0.25) is 0 Å². The molecule has 0 aliphatic carbocycles. The Balaban J connectivity index is 0. The summed E-state index contributed by atoms with van der Waals surface area (Å²) in [6.07, 6.45) is 2.29. The van der Waals surface area contributed by atoms with Gasteiger partial charge in [-0.1, -0.05) is 47.8 Å². The van der Waals surface area contributed by atoms with E-state index in [0.29, 0.717) is 0 Å². The van der Waals surface area contributed by atoms with E-state index in [-0.39, 0.29) is 19.1 Å². The first-order chi connectivity index (χ1) is 4.71. The van der Waals surface area contributed by atoms with Gasteiger partial charge in [0, 0.05) is 0 Å². The molecule has 0 aromatic carbocycles. The highest BCUT2D eigenvalue weighted by molar-refractivity contribution is 9.39. The first kappa shape index (κ1) is 16.3. The van der Waals surface area contributed by atoms with Crippen LogP contribution in [0, 0.1) is 0 Å². The number of hydrogen-bond donors (Lipinski definition) is 0. The third kappa shape index (κ3) is 14.4. The zero-order valence-corrected chi connectivity index (χ0v) is 13.9. The van der Waals surface area contributed by atoms with E-state index in [0.717, 1.165) is 10.9 Å². The summed E-state index contributed by atoms with van der Waals surface area (Å²) in [5.74, 6) is 0. The second kappa shape index (κ2) is 6.38. The Kier molecular flexibility index (Phi) is 8.67. The van der Waals surface area contributed by atoms with Crippen molar-refractivity contribution in [2.24, 2.45) is 0 Å². The van der Waals surface area contributed by atoms with Gasteiger partial charge < -0.3 is 21.5 Å². The summed E-state index contributed by atoms with van der Waals surface area (Å²) in [4.78, 5) is 0. The standard InChI is InChI=1S/C7H15Br3N.BrH/c1-11(2,3)6-4-5-7(8,9)10;/h4-6H2,1-3H3;1H/q+1;/p-1. The molecule has 0 unspecified atom stereocenters.